The van der Waals surface area contributed by atoms with Gasteiger partial charge in [-0.3, -0.25) is 0 Å². The fraction of sp³-hybridized carbons (Fsp3) is 0.786. The summed E-state index contributed by atoms with van der Waals surface area (Å²) in [6.45, 7) is 4.06. The van der Waals surface area contributed by atoms with Crippen LogP contribution in [0, 0.1) is 0 Å². The van der Waals surface area contributed by atoms with Crippen molar-refractivity contribution in [3.8, 4) is 0 Å². The standard InChI is InChI=1S/C28H50O3/c1-2-3-4-5-6-7-8-9-10-11-12-13-14-15-16-20-23-30-26-28(24-29)31-25-27-21-18-17-19-22-27/h17-19,21-22,28-29H,2-16,20,23-26H2,1H3. The van der Waals surface area contributed by atoms with Crippen LogP contribution in [0.1, 0.15) is 115 Å². The van der Waals surface area contributed by atoms with E-state index in [0.717, 1.165) is 18.6 Å². The smallest absolute Gasteiger partial charge is 0.104 e. The second-order valence-electron chi connectivity index (χ2n) is 8.98. The SMILES string of the molecule is CCCCCCCCCCCCCCCCCCOCC(CO)OCc1ccccc1. The number of hydrogen-bond acceptors (Lipinski definition) is 3. The van der Waals surface area contributed by atoms with E-state index < -0.39 is 0 Å². The van der Waals surface area contributed by atoms with Crippen molar-refractivity contribution >= 4 is 0 Å². The summed E-state index contributed by atoms with van der Waals surface area (Å²) in [5.41, 5.74) is 1.12. The van der Waals surface area contributed by atoms with E-state index in [4.69, 9.17) is 9.47 Å². The number of aliphatic hydroxyl groups excluding tert-OH is 1. The summed E-state index contributed by atoms with van der Waals surface area (Å²) in [5.74, 6) is 0. The van der Waals surface area contributed by atoms with Crippen LogP contribution in [-0.2, 0) is 16.1 Å². The molecule has 0 saturated carbocycles. The number of ether oxygens (including phenoxy) is 2. The number of unbranched alkanes of at least 4 members (excludes halogenated alkanes) is 15. The molecule has 0 saturated heterocycles. The number of aliphatic hydroxyl groups is 1. The molecule has 1 aromatic carbocycles. The normalized spacial score (nSPS) is 12.3. The summed E-state index contributed by atoms with van der Waals surface area (Å²) in [5, 5.41) is 9.44. The largest absolute Gasteiger partial charge is 0.394 e. The lowest BCUT2D eigenvalue weighted by Crippen LogP contribution is -2.24. The lowest BCUT2D eigenvalue weighted by molar-refractivity contribution is -0.0502. The van der Waals surface area contributed by atoms with Gasteiger partial charge in [-0.2, -0.15) is 0 Å². The van der Waals surface area contributed by atoms with Crippen molar-refractivity contribution in [1.29, 1.82) is 0 Å². The molecule has 31 heavy (non-hydrogen) atoms. The quantitative estimate of drug-likeness (QED) is 0.178. The van der Waals surface area contributed by atoms with Crippen LogP contribution in [0.5, 0.6) is 0 Å². The number of benzene rings is 1. The molecule has 1 rings (SSSR count). The Morgan fingerprint density at radius 3 is 1.65 bits per heavy atom. The zero-order valence-electron chi connectivity index (χ0n) is 20.4. The van der Waals surface area contributed by atoms with Crippen molar-refractivity contribution in [2.45, 2.75) is 122 Å². The van der Waals surface area contributed by atoms with Gasteiger partial charge in [-0.1, -0.05) is 134 Å². The van der Waals surface area contributed by atoms with E-state index in [1.165, 1.54) is 96.3 Å². The first-order chi connectivity index (χ1) is 15.4. The minimum atomic E-state index is -0.235. The van der Waals surface area contributed by atoms with E-state index in [2.05, 4.69) is 6.92 Å². The molecule has 3 heteroatoms. The molecule has 0 heterocycles. The first-order valence-corrected chi connectivity index (χ1v) is 13.2. The minimum absolute atomic E-state index is 0.00575. The van der Waals surface area contributed by atoms with E-state index in [1.807, 2.05) is 30.3 Å². The van der Waals surface area contributed by atoms with Crippen LogP contribution < -0.4 is 0 Å². The third-order valence-electron chi connectivity index (χ3n) is 5.98. The van der Waals surface area contributed by atoms with Crippen molar-refractivity contribution in [2.24, 2.45) is 0 Å². The Kier molecular flexibility index (Phi) is 20.2. The van der Waals surface area contributed by atoms with Crippen molar-refractivity contribution < 1.29 is 14.6 Å². The molecule has 1 atom stereocenters. The zero-order chi connectivity index (χ0) is 22.2. The first kappa shape index (κ1) is 28.1. The van der Waals surface area contributed by atoms with E-state index in [1.54, 1.807) is 0 Å². The topological polar surface area (TPSA) is 38.7 Å². The van der Waals surface area contributed by atoms with Crippen LogP contribution in [0.2, 0.25) is 0 Å². The molecular weight excluding hydrogens is 384 g/mol. The molecule has 180 valence electrons. The van der Waals surface area contributed by atoms with Gasteiger partial charge in [0.25, 0.3) is 0 Å². The molecule has 0 radical (unpaired) electrons. The average Bonchev–Trinajstić information content (AvgIpc) is 2.81. The van der Waals surface area contributed by atoms with Crippen LogP contribution in [0.4, 0.5) is 0 Å². The monoisotopic (exact) mass is 434 g/mol. The molecule has 0 fully saturated rings. The second-order valence-corrected chi connectivity index (χ2v) is 8.98. The number of hydrogen-bond donors (Lipinski definition) is 1. The van der Waals surface area contributed by atoms with Crippen LogP contribution in [0.15, 0.2) is 30.3 Å². The van der Waals surface area contributed by atoms with E-state index in [9.17, 15) is 5.11 Å². The predicted octanol–water partition coefficient (Wildman–Crippen LogP) is 7.84. The highest BCUT2D eigenvalue weighted by Crippen LogP contribution is 2.13. The molecule has 0 aromatic heterocycles. The second kappa shape index (κ2) is 22.3. The first-order valence-electron chi connectivity index (χ1n) is 13.2. The molecule has 0 aliphatic rings. The lowest BCUT2D eigenvalue weighted by atomic mass is 10.0. The summed E-state index contributed by atoms with van der Waals surface area (Å²) in [7, 11) is 0. The highest BCUT2D eigenvalue weighted by Gasteiger charge is 2.08. The molecule has 1 aromatic rings. The fourth-order valence-corrected chi connectivity index (χ4v) is 3.91. The van der Waals surface area contributed by atoms with Gasteiger partial charge in [0.2, 0.25) is 0 Å². The van der Waals surface area contributed by atoms with Crippen LogP contribution >= 0.6 is 0 Å². The summed E-state index contributed by atoms with van der Waals surface area (Å²) < 4.78 is 11.4. The predicted molar refractivity (Wildman–Crippen MR) is 132 cm³/mol. The molecule has 0 spiro atoms. The molecule has 0 aliphatic carbocycles. The van der Waals surface area contributed by atoms with Gasteiger partial charge in [-0.05, 0) is 12.0 Å². The maximum atomic E-state index is 9.44. The van der Waals surface area contributed by atoms with Gasteiger partial charge in [0.05, 0.1) is 19.8 Å². The van der Waals surface area contributed by atoms with Crippen molar-refractivity contribution in [3.05, 3.63) is 35.9 Å². The van der Waals surface area contributed by atoms with Crippen LogP contribution in [0.3, 0.4) is 0 Å². The van der Waals surface area contributed by atoms with Gasteiger partial charge in [0.15, 0.2) is 0 Å². The third kappa shape index (κ3) is 18.4. The van der Waals surface area contributed by atoms with E-state index in [-0.39, 0.29) is 12.7 Å². The van der Waals surface area contributed by atoms with Gasteiger partial charge in [-0.15, -0.1) is 0 Å². The summed E-state index contributed by atoms with van der Waals surface area (Å²) in [6.07, 6.45) is 21.9. The maximum absolute atomic E-state index is 9.44. The Hall–Kier alpha value is -0.900. The number of rotatable bonds is 23. The molecular formula is C28H50O3. The summed E-state index contributed by atoms with van der Waals surface area (Å²) in [4.78, 5) is 0. The van der Waals surface area contributed by atoms with Crippen molar-refractivity contribution in [3.63, 3.8) is 0 Å². The minimum Gasteiger partial charge on any atom is -0.394 e. The van der Waals surface area contributed by atoms with Crippen LogP contribution in [-0.4, -0.2) is 31.0 Å². The highest BCUT2D eigenvalue weighted by molar-refractivity contribution is 5.13. The Bertz CT molecular complexity index is 463. The lowest BCUT2D eigenvalue weighted by Gasteiger charge is -2.15. The third-order valence-corrected chi connectivity index (χ3v) is 5.98. The van der Waals surface area contributed by atoms with Gasteiger partial charge in [0.1, 0.15) is 6.10 Å². The Balaban J connectivity index is 1.78. The van der Waals surface area contributed by atoms with Crippen LogP contribution in [0.25, 0.3) is 0 Å². The molecule has 0 amide bonds. The molecule has 1 unspecified atom stereocenters. The van der Waals surface area contributed by atoms with Crippen molar-refractivity contribution in [2.75, 3.05) is 19.8 Å². The van der Waals surface area contributed by atoms with Gasteiger partial charge in [-0.25, -0.2) is 0 Å². The molecule has 1 N–H and O–H groups in total. The Morgan fingerprint density at radius 1 is 0.677 bits per heavy atom. The zero-order valence-corrected chi connectivity index (χ0v) is 20.4. The summed E-state index contributed by atoms with van der Waals surface area (Å²) in [6, 6.07) is 10.1. The Morgan fingerprint density at radius 2 is 1.16 bits per heavy atom. The Labute approximate surface area is 192 Å². The molecule has 0 bridgehead atoms. The average molecular weight is 435 g/mol. The van der Waals surface area contributed by atoms with Gasteiger partial charge >= 0.3 is 0 Å². The maximum Gasteiger partial charge on any atom is 0.104 e. The molecule has 0 aliphatic heterocycles. The summed E-state index contributed by atoms with van der Waals surface area (Å²) >= 11 is 0. The van der Waals surface area contributed by atoms with E-state index >= 15 is 0 Å². The highest BCUT2D eigenvalue weighted by atomic mass is 16.5. The molecule has 3 nitrogen and oxygen atoms in total. The van der Waals surface area contributed by atoms with Crippen molar-refractivity contribution in [1.82, 2.24) is 0 Å². The van der Waals surface area contributed by atoms with E-state index in [0.29, 0.717) is 13.2 Å². The van der Waals surface area contributed by atoms with Gasteiger partial charge < -0.3 is 14.6 Å². The fourth-order valence-electron chi connectivity index (χ4n) is 3.91. The van der Waals surface area contributed by atoms with Gasteiger partial charge in [0, 0.05) is 6.61 Å².